The SMILES string of the molecule is Cc1ccccc1NC1CC(C)(C)NC(C)(C)C1. The van der Waals surface area contributed by atoms with E-state index in [0.717, 1.165) is 12.8 Å². The molecule has 0 aromatic heterocycles. The Bertz CT molecular complexity index is 405. The van der Waals surface area contributed by atoms with Gasteiger partial charge >= 0.3 is 0 Å². The molecule has 1 saturated heterocycles. The number of anilines is 1. The van der Waals surface area contributed by atoms with Gasteiger partial charge in [0.1, 0.15) is 0 Å². The van der Waals surface area contributed by atoms with Gasteiger partial charge in [0.25, 0.3) is 0 Å². The molecule has 18 heavy (non-hydrogen) atoms. The number of nitrogens with one attached hydrogen (secondary N) is 2. The van der Waals surface area contributed by atoms with Crippen molar-refractivity contribution in [2.75, 3.05) is 5.32 Å². The third-order valence-corrected chi connectivity index (χ3v) is 3.69. The number of hydrogen-bond acceptors (Lipinski definition) is 2. The highest BCUT2D eigenvalue weighted by molar-refractivity contribution is 5.51. The summed E-state index contributed by atoms with van der Waals surface area (Å²) in [6.07, 6.45) is 2.32. The quantitative estimate of drug-likeness (QED) is 0.831. The summed E-state index contributed by atoms with van der Waals surface area (Å²) in [5, 5.41) is 7.44. The van der Waals surface area contributed by atoms with Crippen LogP contribution < -0.4 is 10.6 Å². The lowest BCUT2D eigenvalue weighted by atomic mass is 9.79. The van der Waals surface area contributed by atoms with Crippen LogP contribution in [0.3, 0.4) is 0 Å². The van der Waals surface area contributed by atoms with Crippen molar-refractivity contribution in [3.63, 3.8) is 0 Å². The van der Waals surface area contributed by atoms with E-state index in [2.05, 4.69) is 69.5 Å². The van der Waals surface area contributed by atoms with Crippen LogP contribution in [0.4, 0.5) is 5.69 Å². The lowest BCUT2D eigenvalue weighted by Gasteiger charge is -2.47. The van der Waals surface area contributed by atoms with Crippen LogP contribution >= 0.6 is 0 Å². The van der Waals surface area contributed by atoms with E-state index in [0.29, 0.717) is 6.04 Å². The fourth-order valence-corrected chi connectivity index (χ4v) is 3.38. The van der Waals surface area contributed by atoms with Gasteiger partial charge < -0.3 is 10.6 Å². The average molecular weight is 246 g/mol. The van der Waals surface area contributed by atoms with Crippen molar-refractivity contribution in [3.8, 4) is 0 Å². The van der Waals surface area contributed by atoms with Crippen LogP contribution in [0.2, 0.25) is 0 Å². The van der Waals surface area contributed by atoms with E-state index in [1.165, 1.54) is 11.3 Å². The lowest BCUT2D eigenvalue weighted by Crippen LogP contribution is -2.60. The summed E-state index contributed by atoms with van der Waals surface area (Å²) >= 11 is 0. The maximum atomic E-state index is 3.72. The van der Waals surface area contributed by atoms with E-state index in [1.54, 1.807) is 0 Å². The van der Waals surface area contributed by atoms with Crippen molar-refractivity contribution in [2.24, 2.45) is 0 Å². The van der Waals surface area contributed by atoms with E-state index < -0.39 is 0 Å². The Morgan fingerprint density at radius 3 is 2.17 bits per heavy atom. The van der Waals surface area contributed by atoms with Crippen LogP contribution in [0.25, 0.3) is 0 Å². The number of rotatable bonds is 2. The van der Waals surface area contributed by atoms with Crippen LogP contribution in [0.5, 0.6) is 0 Å². The molecule has 1 heterocycles. The summed E-state index contributed by atoms with van der Waals surface area (Å²) in [6.45, 7) is 11.3. The van der Waals surface area contributed by atoms with Gasteiger partial charge in [-0.3, -0.25) is 0 Å². The smallest absolute Gasteiger partial charge is 0.0372 e. The fraction of sp³-hybridized carbons (Fsp3) is 0.625. The van der Waals surface area contributed by atoms with Crippen molar-refractivity contribution in [3.05, 3.63) is 29.8 Å². The molecule has 2 rings (SSSR count). The molecule has 2 heteroatoms. The van der Waals surface area contributed by atoms with Gasteiger partial charge in [-0.1, -0.05) is 18.2 Å². The van der Waals surface area contributed by atoms with Crippen molar-refractivity contribution < 1.29 is 0 Å². The van der Waals surface area contributed by atoms with E-state index in [9.17, 15) is 0 Å². The maximum absolute atomic E-state index is 3.72. The van der Waals surface area contributed by atoms with Crippen LogP contribution in [0, 0.1) is 6.92 Å². The standard InChI is InChI=1S/C16H26N2/c1-12-8-6-7-9-14(12)17-13-10-15(2,3)18-16(4,5)11-13/h6-9,13,17-18H,10-11H2,1-5H3. The van der Waals surface area contributed by atoms with Crippen molar-refractivity contribution in [2.45, 2.75) is 64.6 Å². The molecule has 1 aromatic rings. The lowest BCUT2D eigenvalue weighted by molar-refractivity contribution is 0.170. The second-order valence-electron chi connectivity index (χ2n) is 6.96. The van der Waals surface area contributed by atoms with Gasteiger partial charge in [0.05, 0.1) is 0 Å². The van der Waals surface area contributed by atoms with Gasteiger partial charge in [0.2, 0.25) is 0 Å². The van der Waals surface area contributed by atoms with E-state index in [1.807, 2.05) is 0 Å². The van der Waals surface area contributed by atoms with E-state index in [4.69, 9.17) is 0 Å². The van der Waals surface area contributed by atoms with Gasteiger partial charge in [-0.05, 0) is 59.1 Å². The normalized spacial score (nSPS) is 22.7. The molecule has 0 bridgehead atoms. The van der Waals surface area contributed by atoms with Gasteiger partial charge in [0.15, 0.2) is 0 Å². The minimum atomic E-state index is 0.197. The van der Waals surface area contributed by atoms with Crippen molar-refractivity contribution in [1.82, 2.24) is 5.32 Å². The second kappa shape index (κ2) is 4.58. The fourth-order valence-electron chi connectivity index (χ4n) is 3.38. The molecule has 0 amide bonds. The number of aryl methyl sites for hydroxylation is 1. The molecule has 1 fully saturated rings. The molecule has 1 aliphatic rings. The number of hydrogen-bond donors (Lipinski definition) is 2. The van der Waals surface area contributed by atoms with E-state index >= 15 is 0 Å². The van der Waals surface area contributed by atoms with E-state index in [-0.39, 0.29) is 11.1 Å². The number of para-hydroxylation sites is 1. The Labute approximate surface area is 111 Å². The molecule has 2 N–H and O–H groups in total. The first-order chi connectivity index (χ1) is 8.27. The topological polar surface area (TPSA) is 24.1 Å². The first-order valence-corrected chi connectivity index (χ1v) is 6.89. The predicted molar refractivity (Wildman–Crippen MR) is 79.1 cm³/mol. The minimum absolute atomic E-state index is 0.197. The highest BCUT2D eigenvalue weighted by Gasteiger charge is 2.37. The molecule has 1 aliphatic heterocycles. The Morgan fingerprint density at radius 1 is 1.06 bits per heavy atom. The summed E-state index contributed by atoms with van der Waals surface area (Å²) in [7, 11) is 0. The van der Waals surface area contributed by atoms with Gasteiger partial charge in [0, 0.05) is 22.8 Å². The zero-order chi connectivity index (χ0) is 13.4. The third-order valence-electron chi connectivity index (χ3n) is 3.69. The van der Waals surface area contributed by atoms with Gasteiger partial charge in [-0.25, -0.2) is 0 Å². The van der Waals surface area contributed by atoms with Crippen molar-refractivity contribution >= 4 is 5.69 Å². The first-order valence-electron chi connectivity index (χ1n) is 6.89. The molecular formula is C16H26N2. The van der Waals surface area contributed by atoms with Crippen LogP contribution in [0.1, 0.15) is 46.1 Å². The Hall–Kier alpha value is -1.02. The summed E-state index contributed by atoms with van der Waals surface area (Å²) in [5.74, 6) is 0. The summed E-state index contributed by atoms with van der Waals surface area (Å²) < 4.78 is 0. The molecule has 0 spiro atoms. The Morgan fingerprint density at radius 2 is 1.61 bits per heavy atom. The largest absolute Gasteiger partial charge is 0.382 e. The van der Waals surface area contributed by atoms with Crippen LogP contribution in [-0.4, -0.2) is 17.1 Å². The van der Waals surface area contributed by atoms with Gasteiger partial charge in [-0.15, -0.1) is 0 Å². The molecular weight excluding hydrogens is 220 g/mol. The molecule has 0 radical (unpaired) electrons. The Kier molecular flexibility index (Phi) is 3.41. The zero-order valence-corrected chi connectivity index (χ0v) is 12.3. The third kappa shape index (κ3) is 3.26. The Balaban J connectivity index is 2.12. The first kappa shape index (κ1) is 13.4. The number of benzene rings is 1. The summed E-state index contributed by atoms with van der Waals surface area (Å²) in [5.41, 5.74) is 2.99. The molecule has 0 saturated carbocycles. The van der Waals surface area contributed by atoms with Crippen LogP contribution in [-0.2, 0) is 0 Å². The molecule has 1 aromatic carbocycles. The monoisotopic (exact) mass is 246 g/mol. The molecule has 100 valence electrons. The highest BCUT2D eigenvalue weighted by atomic mass is 15.1. The molecule has 0 atom stereocenters. The average Bonchev–Trinajstić information content (AvgIpc) is 2.16. The second-order valence-corrected chi connectivity index (χ2v) is 6.96. The minimum Gasteiger partial charge on any atom is -0.382 e. The van der Waals surface area contributed by atoms with Gasteiger partial charge in [-0.2, -0.15) is 0 Å². The molecule has 0 unspecified atom stereocenters. The summed E-state index contributed by atoms with van der Waals surface area (Å²) in [4.78, 5) is 0. The maximum Gasteiger partial charge on any atom is 0.0372 e. The zero-order valence-electron chi connectivity index (χ0n) is 12.3. The molecule has 2 nitrogen and oxygen atoms in total. The predicted octanol–water partition coefficient (Wildman–Crippen LogP) is 3.72. The summed E-state index contributed by atoms with van der Waals surface area (Å²) in [6, 6.07) is 9.08. The number of piperidine rings is 1. The van der Waals surface area contributed by atoms with Crippen molar-refractivity contribution in [1.29, 1.82) is 0 Å². The van der Waals surface area contributed by atoms with Crippen LogP contribution in [0.15, 0.2) is 24.3 Å². The molecule has 0 aliphatic carbocycles. The highest BCUT2D eigenvalue weighted by Crippen LogP contribution is 2.30.